The number of cyclic esters (lactones) is 1. The molecule has 1 unspecified atom stereocenters. The molecule has 2 rings (SSSR count). The van der Waals surface area contributed by atoms with E-state index in [4.69, 9.17) is 4.74 Å². The molecule has 70 valence electrons. The first-order valence-electron chi connectivity index (χ1n) is 4.47. The lowest BCUT2D eigenvalue weighted by atomic mass is 9.99. The Kier molecular flexibility index (Phi) is 2.45. The molecule has 1 aliphatic heterocycles. The van der Waals surface area contributed by atoms with Crippen LogP contribution in [0.15, 0.2) is 54.8 Å². The Labute approximate surface area is 82.5 Å². The number of carbonyl (C=O) groups is 1. The number of hydrogen-bond acceptors (Lipinski definition) is 2. The standard InChI is InChI=1S/C12H10O2/c13-12-11(8-4-5-9-14-12)10-6-2-1-3-7-10/h1-9,11H. The van der Waals surface area contributed by atoms with E-state index in [0.717, 1.165) is 5.56 Å². The molecular weight excluding hydrogens is 176 g/mol. The van der Waals surface area contributed by atoms with Crippen molar-refractivity contribution in [2.24, 2.45) is 0 Å². The molecule has 1 aromatic carbocycles. The number of hydrogen-bond donors (Lipinski definition) is 0. The normalized spacial score (nSPS) is 20.3. The molecule has 0 bridgehead atoms. The summed E-state index contributed by atoms with van der Waals surface area (Å²) in [5, 5.41) is 0. The molecule has 0 aromatic heterocycles. The van der Waals surface area contributed by atoms with E-state index in [1.165, 1.54) is 6.26 Å². The molecule has 0 amide bonds. The van der Waals surface area contributed by atoms with Crippen LogP contribution < -0.4 is 0 Å². The molecule has 1 aliphatic rings. The van der Waals surface area contributed by atoms with Gasteiger partial charge in [0.15, 0.2) is 0 Å². The van der Waals surface area contributed by atoms with Crippen molar-refractivity contribution in [2.75, 3.05) is 0 Å². The lowest BCUT2D eigenvalue weighted by molar-refractivity contribution is -0.138. The summed E-state index contributed by atoms with van der Waals surface area (Å²) < 4.78 is 4.89. The Morgan fingerprint density at radius 2 is 1.86 bits per heavy atom. The van der Waals surface area contributed by atoms with Gasteiger partial charge in [0.25, 0.3) is 0 Å². The third-order valence-corrected chi connectivity index (χ3v) is 2.09. The molecule has 1 aromatic rings. The quantitative estimate of drug-likeness (QED) is 0.629. The zero-order valence-electron chi connectivity index (χ0n) is 7.59. The van der Waals surface area contributed by atoms with E-state index in [1.807, 2.05) is 42.5 Å². The largest absolute Gasteiger partial charge is 0.434 e. The fourth-order valence-electron chi connectivity index (χ4n) is 1.39. The molecule has 0 aliphatic carbocycles. The summed E-state index contributed by atoms with van der Waals surface area (Å²) >= 11 is 0. The Hall–Kier alpha value is -1.83. The van der Waals surface area contributed by atoms with Crippen molar-refractivity contribution in [2.45, 2.75) is 5.92 Å². The summed E-state index contributed by atoms with van der Waals surface area (Å²) in [6.07, 6.45) is 6.77. The zero-order valence-corrected chi connectivity index (χ0v) is 7.59. The fourth-order valence-corrected chi connectivity index (χ4v) is 1.39. The second kappa shape index (κ2) is 3.92. The monoisotopic (exact) mass is 186 g/mol. The Morgan fingerprint density at radius 1 is 1.07 bits per heavy atom. The minimum Gasteiger partial charge on any atom is -0.434 e. The first kappa shape index (κ1) is 8.75. The van der Waals surface area contributed by atoms with Crippen molar-refractivity contribution in [3.63, 3.8) is 0 Å². The van der Waals surface area contributed by atoms with E-state index in [0.29, 0.717) is 0 Å². The maximum atomic E-state index is 11.5. The SMILES string of the molecule is O=C1OC=CC=CC1c1ccccc1. The number of rotatable bonds is 1. The van der Waals surface area contributed by atoms with Crippen LogP contribution in [0.3, 0.4) is 0 Å². The van der Waals surface area contributed by atoms with E-state index in [-0.39, 0.29) is 11.9 Å². The van der Waals surface area contributed by atoms with E-state index in [1.54, 1.807) is 6.08 Å². The van der Waals surface area contributed by atoms with Crippen molar-refractivity contribution in [3.05, 3.63) is 60.4 Å². The van der Waals surface area contributed by atoms with Crippen molar-refractivity contribution < 1.29 is 9.53 Å². The van der Waals surface area contributed by atoms with Gasteiger partial charge < -0.3 is 4.74 Å². The molecule has 2 nitrogen and oxygen atoms in total. The summed E-state index contributed by atoms with van der Waals surface area (Å²) in [6, 6.07) is 9.58. The maximum Gasteiger partial charge on any atom is 0.322 e. The van der Waals surface area contributed by atoms with Crippen molar-refractivity contribution in [3.8, 4) is 0 Å². The second-order valence-electron chi connectivity index (χ2n) is 3.04. The molecule has 1 heterocycles. The number of ether oxygens (including phenoxy) is 1. The van der Waals surface area contributed by atoms with E-state index < -0.39 is 0 Å². The van der Waals surface area contributed by atoms with Gasteiger partial charge in [-0.3, -0.25) is 4.79 Å². The third-order valence-electron chi connectivity index (χ3n) is 2.09. The van der Waals surface area contributed by atoms with Crippen LogP contribution in [0.5, 0.6) is 0 Å². The highest BCUT2D eigenvalue weighted by molar-refractivity contribution is 5.81. The predicted molar refractivity (Wildman–Crippen MR) is 53.6 cm³/mol. The fraction of sp³-hybridized carbons (Fsp3) is 0.0833. The highest BCUT2D eigenvalue weighted by atomic mass is 16.5. The molecule has 0 N–H and O–H groups in total. The molecule has 0 fully saturated rings. The molecule has 0 spiro atoms. The van der Waals surface area contributed by atoms with Gasteiger partial charge in [-0.1, -0.05) is 42.5 Å². The lowest BCUT2D eigenvalue weighted by Crippen LogP contribution is -2.10. The molecule has 14 heavy (non-hydrogen) atoms. The van der Waals surface area contributed by atoms with Crippen molar-refractivity contribution in [1.29, 1.82) is 0 Å². The Morgan fingerprint density at radius 3 is 2.64 bits per heavy atom. The van der Waals surface area contributed by atoms with Crippen LogP contribution in [0.4, 0.5) is 0 Å². The first-order chi connectivity index (χ1) is 6.88. The van der Waals surface area contributed by atoms with Gasteiger partial charge in [-0.2, -0.15) is 0 Å². The summed E-state index contributed by atoms with van der Waals surface area (Å²) in [7, 11) is 0. The average molecular weight is 186 g/mol. The highest BCUT2D eigenvalue weighted by Gasteiger charge is 2.18. The van der Waals surface area contributed by atoms with Gasteiger partial charge in [-0.15, -0.1) is 0 Å². The van der Waals surface area contributed by atoms with Crippen LogP contribution in [0, 0.1) is 0 Å². The minimum atomic E-state index is -0.286. The van der Waals surface area contributed by atoms with Gasteiger partial charge in [-0.05, 0) is 11.6 Å². The molecule has 2 heteroatoms. The van der Waals surface area contributed by atoms with Crippen molar-refractivity contribution in [1.82, 2.24) is 0 Å². The van der Waals surface area contributed by atoms with Crippen LogP contribution >= 0.6 is 0 Å². The van der Waals surface area contributed by atoms with Crippen LogP contribution in [-0.2, 0) is 9.53 Å². The molecular formula is C12H10O2. The third kappa shape index (κ3) is 1.74. The summed E-state index contributed by atoms with van der Waals surface area (Å²) in [5.74, 6) is -0.521. The van der Waals surface area contributed by atoms with Crippen LogP contribution in [-0.4, -0.2) is 5.97 Å². The first-order valence-corrected chi connectivity index (χ1v) is 4.47. The maximum absolute atomic E-state index is 11.5. The van der Waals surface area contributed by atoms with E-state index in [9.17, 15) is 4.79 Å². The number of benzene rings is 1. The average Bonchev–Trinajstić information content (AvgIpc) is 2.44. The van der Waals surface area contributed by atoms with Crippen LogP contribution in [0.1, 0.15) is 11.5 Å². The van der Waals surface area contributed by atoms with Gasteiger partial charge in [0.2, 0.25) is 0 Å². The summed E-state index contributed by atoms with van der Waals surface area (Å²) in [5.41, 5.74) is 0.956. The second-order valence-corrected chi connectivity index (χ2v) is 3.04. The number of allylic oxidation sites excluding steroid dienone is 2. The molecule has 1 atom stereocenters. The zero-order chi connectivity index (χ0) is 9.80. The van der Waals surface area contributed by atoms with Crippen molar-refractivity contribution >= 4 is 5.97 Å². The van der Waals surface area contributed by atoms with Gasteiger partial charge >= 0.3 is 5.97 Å². The number of esters is 1. The molecule has 0 radical (unpaired) electrons. The van der Waals surface area contributed by atoms with Gasteiger partial charge in [0, 0.05) is 0 Å². The predicted octanol–water partition coefficient (Wildman–Crippen LogP) is 2.40. The Bertz CT molecular complexity index is 377. The summed E-state index contributed by atoms with van der Waals surface area (Å²) in [4.78, 5) is 11.5. The van der Waals surface area contributed by atoms with E-state index >= 15 is 0 Å². The minimum absolute atomic E-state index is 0.235. The molecule has 0 saturated carbocycles. The smallest absolute Gasteiger partial charge is 0.322 e. The van der Waals surface area contributed by atoms with Gasteiger partial charge in [0.05, 0.1) is 6.26 Å². The molecule has 0 saturated heterocycles. The Balaban J connectivity index is 2.30. The van der Waals surface area contributed by atoms with Gasteiger partial charge in [0.1, 0.15) is 5.92 Å². The summed E-state index contributed by atoms with van der Waals surface area (Å²) in [6.45, 7) is 0. The topological polar surface area (TPSA) is 26.3 Å². The van der Waals surface area contributed by atoms with E-state index in [2.05, 4.69) is 0 Å². The van der Waals surface area contributed by atoms with Crippen LogP contribution in [0.2, 0.25) is 0 Å². The lowest BCUT2D eigenvalue weighted by Gasteiger charge is -2.08. The van der Waals surface area contributed by atoms with Crippen LogP contribution in [0.25, 0.3) is 0 Å². The highest BCUT2D eigenvalue weighted by Crippen LogP contribution is 2.20. The van der Waals surface area contributed by atoms with Gasteiger partial charge in [-0.25, -0.2) is 0 Å². The number of carbonyl (C=O) groups excluding carboxylic acids is 1.